The molecule has 2 saturated carbocycles. The maximum Gasteiger partial charge on any atom is 0.00136 e. The lowest BCUT2D eigenvalue weighted by Crippen LogP contribution is -2.40. The topological polar surface area (TPSA) is 12.0 Å². The number of hydrogen-bond acceptors (Lipinski definition) is 1. The molecule has 0 saturated heterocycles. The molecule has 2 aliphatic rings. The summed E-state index contributed by atoms with van der Waals surface area (Å²) in [7, 11) is 0. The van der Waals surface area contributed by atoms with Gasteiger partial charge < -0.3 is 5.32 Å². The van der Waals surface area contributed by atoms with Crippen molar-refractivity contribution in [3.05, 3.63) is 34.9 Å². The van der Waals surface area contributed by atoms with Crippen LogP contribution in [-0.2, 0) is 6.42 Å². The molecule has 110 valence electrons. The van der Waals surface area contributed by atoms with Crippen molar-refractivity contribution < 1.29 is 0 Å². The highest BCUT2D eigenvalue weighted by Gasteiger charge is 2.50. The van der Waals surface area contributed by atoms with Gasteiger partial charge in [0.1, 0.15) is 0 Å². The van der Waals surface area contributed by atoms with E-state index in [9.17, 15) is 0 Å². The molecule has 3 unspecified atom stereocenters. The molecular formula is C19H29N. The summed E-state index contributed by atoms with van der Waals surface area (Å²) in [6.45, 7) is 9.02. The van der Waals surface area contributed by atoms with E-state index >= 15 is 0 Å². The zero-order valence-electron chi connectivity index (χ0n) is 13.3. The summed E-state index contributed by atoms with van der Waals surface area (Å²) < 4.78 is 0. The lowest BCUT2D eigenvalue weighted by atomic mass is 9.69. The summed E-state index contributed by atoms with van der Waals surface area (Å²) in [5.74, 6) is 1.98. The monoisotopic (exact) mass is 271 g/mol. The zero-order chi connectivity index (χ0) is 14.2. The molecule has 2 fully saturated rings. The minimum atomic E-state index is 0.541. The van der Waals surface area contributed by atoms with Crippen molar-refractivity contribution in [1.82, 2.24) is 5.32 Å². The van der Waals surface area contributed by atoms with Crippen molar-refractivity contribution in [2.45, 2.75) is 52.9 Å². The predicted molar refractivity (Wildman–Crippen MR) is 86.0 cm³/mol. The third-order valence-corrected chi connectivity index (χ3v) is 5.67. The molecule has 3 atom stereocenters. The Morgan fingerprint density at radius 2 is 1.90 bits per heavy atom. The minimum absolute atomic E-state index is 0.541. The van der Waals surface area contributed by atoms with Gasteiger partial charge in [-0.25, -0.2) is 0 Å². The second kappa shape index (κ2) is 5.52. The highest BCUT2D eigenvalue weighted by Crippen LogP contribution is 2.57. The summed E-state index contributed by atoms with van der Waals surface area (Å²) in [4.78, 5) is 0. The predicted octanol–water partition coefficient (Wildman–Crippen LogP) is 4.26. The van der Waals surface area contributed by atoms with Gasteiger partial charge >= 0.3 is 0 Å². The third kappa shape index (κ3) is 2.65. The Kier molecular flexibility index (Phi) is 3.90. The Morgan fingerprint density at radius 3 is 2.45 bits per heavy atom. The van der Waals surface area contributed by atoms with E-state index in [1.54, 1.807) is 5.56 Å². The second-order valence-corrected chi connectivity index (χ2v) is 7.40. The van der Waals surface area contributed by atoms with Gasteiger partial charge in [0.2, 0.25) is 0 Å². The van der Waals surface area contributed by atoms with Gasteiger partial charge in [-0.05, 0) is 68.9 Å². The molecule has 1 heteroatoms. The lowest BCUT2D eigenvalue weighted by molar-refractivity contribution is 0.157. The molecule has 0 amide bonds. The average Bonchev–Trinajstić information content (AvgIpc) is 2.96. The van der Waals surface area contributed by atoms with Gasteiger partial charge in [-0.3, -0.25) is 0 Å². The van der Waals surface area contributed by atoms with Crippen molar-refractivity contribution in [3.63, 3.8) is 0 Å². The van der Waals surface area contributed by atoms with Crippen LogP contribution in [0.15, 0.2) is 18.2 Å². The molecule has 0 aromatic heterocycles. The van der Waals surface area contributed by atoms with Gasteiger partial charge in [0.25, 0.3) is 0 Å². The Balaban J connectivity index is 1.83. The van der Waals surface area contributed by atoms with E-state index < -0.39 is 0 Å². The molecule has 3 rings (SSSR count). The van der Waals surface area contributed by atoms with Crippen molar-refractivity contribution in [2.75, 3.05) is 13.1 Å². The third-order valence-electron chi connectivity index (χ3n) is 5.67. The molecular weight excluding hydrogens is 242 g/mol. The van der Waals surface area contributed by atoms with Crippen LogP contribution in [0.5, 0.6) is 0 Å². The van der Waals surface area contributed by atoms with Gasteiger partial charge in [0, 0.05) is 6.54 Å². The number of fused-ring (bicyclic) bond motifs is 2. The molecule has 1 nitrogen and oxygen atoms in total. The van der Waals surface area contributed by atoms with E-state index in [2.05, 4.69) is 44.3 Å². The number of aryl methyl sites for hydroxylation is 2. The highest BCUT2D eigenvalue weighted by molar-refractivity contribution is 5.30. The maximum atomic E-state index is 3.67. The van der Waals surface area contributed by atoms with Crippen LogP contribution in [0.25, 0.3) is 0 Å². The molecule has 1 aromatic carbocycles. The average molecular weight is 271 g/mol. The standard InChI is InChI=1S/C19H29N/c1-4-20-13-19(11-16-5-6-18(19)10-16)12-17-8-14(2)7-15(3)9-17/h7-9,16,18,20H,4-6,10-13H2,1-3H3. The molecule has 0 aliphatic heterocycles. The number of nitrogens with one attached hydrogen (secondary N) is 1. The Hall–Kier alpha value is -0.820. The van der Waals surface area contributed by atoms with Gasteiger partial charge in [0.05, 0.1) is 0 Å². The van der Waals surface area contributed by atoms with E-state index in [0.717, 1.165) is 18.4 Å². The Labute approximate surface area is 124 Å². The van der Waals surface area contributed by atoms with Crippen LogP contribution in [0.4, 0.5) is 0 Å². The van der Waals surface area contributed by atoms with E-state index in [0.29, 0.717) is 5.41 Å². The molecule has 0 spiro atoms. The number of benzene rings is 1. The molecule has 2 bridgehead atoms. The molecule has 0 heterocycles. The summed E-state index contributed by atoms with van der Waals surface area (Å²) in [5.41, 5.74) is 4.94. The van der Waals surface area contributed by atoms with E-state index in [-0.39, 0.29) is 0 Å². The Morgan fingerprint density at radius 1 is 1.15 bits per heavy atom. The molecule has 20 heavy (non-hydrogen) atoms. The summed E-state index contributed by atoms with van der Waals surface area (Å²) in [6.07, 6.45) is 7.20. The van der Waals surface area contributed by atoms with Gasteiger partial charge in [-0.15, -0.1) is 0 Å². The molecule has 2 aliphatic carbocycles. The molecule has 1 aromatic rings. The van der Waals surface area contributed by atoms with Gasteiger partial charge in [0.15, 0.2) is 0 Å². The first kappa shape index (κ1) is 14.1. The van der Waals surface area contributed by atoms with Crippen molar-refractivity contribution in [2.24, 2.45) is 17.3 Å². The number of hydrogen-bond donors (Lipinski definition) is 1. The van der Waals surface area contributed by atoms with Crippen LogP contribution >= 0.6 is 0 Å². The largest absolute Gasteiger partial charge is 0.316 e. The fraction of sp³-hybridized carbons (Fsp3) is 0.684. The fourth-order valence-electron chi connectivity index (χ4n) is 5.01. The quantitative estimate of drug-likeness (QED) is 0.843. The summed E-state index contributed by atoms with van der Waals surface area (Å²) >= 11 is 0. The minimum Gasteiger partial charge on any atom is -0.316 e. The van der Waals surface area contributed by atoms with Crippen LogP contribution in [0.2, 0.25) is 0 Å². The smallest absolute Gasteiger partial charge is 0.00136 e. The fourth-order valence-corrected chi connectivity index (χ4v) is 5.01. The maximum absolute atomic E-state index is 3.67. The highest BCUT2D eigenvalue weighted by atomic mass is 14.9. The van der Waals surface area contributed by atoms with Crippen LogP contribution < -0.4 is 5.32 Å². The lowest BCUT2D eigenvalue weighted by Gasteiger charge is -2.38. The molecule has 1 N–H and O–H groups in total. The van der Waals surface area contributed by atoms with Crippen molar-refractivity contribution >= 4 is 0 Å². The van der Waals surface area contributed by atoms with Crippen molar-refractivity contribution in [1.29, 1.82) is 0 Å². The van der Waals surface area contributed by atoms with Gasteiger partial charge in [-0.2, -0.15) is 0 Å². The van der Waals surface area contributed by atoms with Gasteiger partial charge in [-0.1, -0.05) is 42.7 Å². The first-order valence-corrected chi connectivity index (χ1v) is 8.39. The second-order valence-electron chi connectivity index (χ2n) is 7.40. The molecule has 0 radical (unpaired) electrons. The zero-order valence-corrected chi connectivity index (χ0v) is 13.3. The van der Waals surface area contributed by atoms with E-state index in [4.69, 9.17) is 0 Å². The summed E-state index contributed by atoms with van der Waals surface area (Å²) in [6, 6.07) is 7.11. The van der Waals surface area contributed by atoms with Crippen LogP contribution in [0, 0.1) is 31.1 Å². The van der Waals surface area contributed by atoms with E-state index in [1.807, 2.05) is 0 Å². The number of rotatable bonds is 5. The van der Waals surface area contributed by atoms with Crippen LogP contribution in [-0.4, -0.2) is 13.1 Å². The first-order valence-electron chi connectivity index (χ1n) is 8.39. The SMILES string of the molecule is CCNCC1(Cc2cc(C)cc(C)c2)CC2CCC1C2. The van der Waals surface area contributed by atoms with Crippen LogP contribution in [0.1, 0.15) is 49.3 Å². The first-order chi connectivity index (χ1) is 9.61. The normalized spacial score (nSPS) is 31.9. The summed E-state index contributed by atoms with van der Waals surface area (Å²) in [5, 5.41) is 3.67. The van der Waals surface area contributed by atoms with E-state index in [1.165, 1.54) is 49.8 Å². The van der Waals surface area contributed by atoms with Crippen LogP contribution in [0.3, 0.4) is 0 Å². The Bertz CT molecular complexity index is 458. The van der Waals surface area contributed by atoms with Crippen molar-refractivity contribution in [3.8, 4) is 0 Å².